The zero-order chi connectivity index (χ0) is 17.0. The van der Waals surface area contributed by atoms with Crippen molar-refractivity contribution < 1.29 is 4.79 Å². The smallest absolute Gasteiger partial charge is 0.244 e. The van der Waals surface area contributed by atoms with E-state index in [4.69, 9.17) is 23.2 Å². The fourth-order valence-electron chi connectivity index (χ4n) is 2.41. The van der Waals surface area contributed by atoms with Gasteiger partial charge in [0.05, 0.1) is 16.2 Å². The van der Waals surface area contributed by atoms with Gasteiger partial charge in [-0.05, 0) is 31.7 Å². The van der Waals surface area contributed by atoms with Gasteiger partial charge in [0.15, 0.2) is 0 Å². The summed E-state index contributed by atoms with van der Waals surface area (Å²) in [5.74, 6) is -0.00549. The summed E-state index contributed by atoms with van der Waals surface area (Å²) in [7, 11) is 3.59. The molecule has 1 atom stereocenters. The zero-order valence-electron chi connectivity index (χ0n) is 13.4. The number of carbonyl (C=O) groups is 1. The third-order valence-electron chi connectivity index (χ3n) is 3.64. The number of aromatic nitrogens is 2. The van der Waals surface area contributed by atoms with E-state index in [1.54, 1.807) is 35.0 Å². The fourth-order valence-corrected chi connectivity index (χ4v) is 2.73. The molecule has 23 heavy (non-hydrogen) atoms. The normalized spacial score (nSPS) is 12.2. The molecule has 1 aromatic carbocycles. The summed E-state index contributed by atoms with van der Waals surface area (Å²) < 4.78 is 1.68. The lowest BCUT2D eigenvalue weighted by Gasteiger charge is -2.26. The van der Waals surface area contributed by atoms with Gasteiger partial charge in [0.25, 0.3) is 0 Å². The molecule has 7 heteroatoms. The lowest BCUT2D eigenvalue weighted by Crippen LogP contribution is -2.39. The van der Waals surface area contributed by atoms with E-state index in [9.17, 15) is 4.79 Å². The van der Waals surface area contributed by atoms with Crippen molar-refractivity contribution in [3.05, 3.63) is 51.8 Å². The van der Waals surface area contributed by atoms with Crippen molar-refractivity contribution in [3.8, 4) is 0 Å². The summed E-state index contributed by atoms with van der Waals surface area (Å²) in [6.45, 7) is 3.02. The Morgan fingerprint density at radius 1 is 1.39 bits per heavy atom. The second-order valence-corrected chi connectivity index (χ2v) is 6.08. The lowest BCUT2D eigenvalue weighted by atomic mass is 10.1. The second-order valence-electron chi connectivity index (χ2n) is 5.27. The molecular formula is C16H20Cl2N4O. The van der Waals surface area contributed by atoms with Crippen molar-refractivity contribution in [1.29, 1.82) is 0 Å². The Labute approximate surface area is 146 Å². The number of halogens is 2. The third-order valence-corrected chi connectivity index (χ3v) is 4.38. The van der Waals surface area contributed by atoms with Gasteiger partial charge in [-0.2, -0.15) is 5.10 Å². The Morgan fingerprint density at radius 2 is 2.13 bits per heavy atom. The van der Waals surface area contributed by atoms with Gasteiger partial charge in [0, 0.05) is 31.9 Å². The number of amides is 1. The molecule has 0 aliphatic heterocycles. The highest BCUT2D eigenvalue weighted by Gasteiger charge is 2.25. The minimum Gasteiger partial charge on any atom is -0.337 e. The maximum atomic E-state index is 12.8. The largest absolute Gasteiger partial charge is 0.337 e. The molecule has 0 saturated carbocycles. The van der Waals surface area contributed by atoms with Gasteiger partial charge in [-0.1, -0.05) is 29.3 Å². The van der Waals surface area contributed by atoms with Crippen LogP contribution >= 0.6 is 23.2 Å². The van der Waals surface area contributed by atoms with Crippen LogP contribution in [-0.4, -0.2) is 34.2 Å². The molecule has 124 valence electrons. The van der Waals surface area contributed by atoms with Crippen molar-refractivity contribution in [2.75, 3.05) is 13.6 Å². The van der Waals surface area contributed by atoms with Gasteiger partial charge in [-0.25, -0.2) is 0 Å². The highest BCUT2D eigenvalue weighted by molar-refractivity contribution is 6.42. The highest BCUT2D eigenvalue weighted by atomic mass is 35.5. The van der Waals surface area contributed by atoms with Crippen LogP contribution in [0.4, 0.5) is 0 Å². The Hall–Kier alpha value is -1.56. The van der Waals surface area contributed by atoms with E-state index in [0.29, 0.717) is 23.1 Å². The monoisotopic (exact) mass is 354 g/mol. The average molecular weight is 355 g/mol. The molecule has 2 rings (SSSR count). The van der Waals surface area contributed by atoms with E-state index in [1.165, 1.54) is 0 Å². The first-order chi connectivity index (χ1) is 11.0. The summed E-state index contributed by atoms with van der Waals surface area (Å²) >= 11 is 12.0. The van der Waals surface area contributed by atoms with Gasteiger partial charge in [-0.15, -0.1) is 0 Å². The highest BCUT2D eigenvalue weighted by Crippen LogP contribution is 2.24. The topological polar surface area (TPSA) is 50.2 Å². The van der Waals surface area contributed by atoms with Crippen LogP contribution in [0, 0.1) is 0 Å². The molecule has 0 radical (unpaired) electrons. The summed E-state index contributed by atoms with van der Waals surface area (Å²) in [4.78, 5) is 14.6. The summed E-state index contributed by atoms with van der Waals surface area (Å²) in [6, 6.07) is 4.99. The van der Waals surface area contributed by atoms with Crippen molar-refractivity contribution in [1.82, 2.24) is 20.0 Å². The summed E-state index contributed by atoms with van der Waals surface area (Å²) in [5, 5.41) is 8.19. The SMILES string of the molecule is CCN(Cc1ccc(Cl)c(Cl)c1)C(=O)C(NC)c1cnn(C)c1. The molecule has 1 N–H and O–H groups in total. The number of nitrogens with zero attached hydrogens (tertiary/aromatic N) is 3. The minimum atomic E-state index is -0.425. The van der Waals surface area contributed by atoms with Crippen molar-refractivity contribution in [3.63, 3.8) is 0 Å². The molecule has 0 fully saturated rings. The van der Waals surface area contributed by atoms with Crippen molar-refractivity contribution >= 4 is 29.1 Å². The van der Waals surface area contributed by atoms with Crippen LogP contribution in [0.3, 0.4) is 0 Å². The van der Waals surface area contributed by atoms with Gasteiger partial charge in [-0.3, -0.25) is 9.48 Å². The molecule has 1 heterocycles. The predicted molar refractivity (Wildman–Crippen MR) is 92.6 cm³/mol. The standard InChI is InChI=1S/C16H20Cl2N4O/c1-4-22(9-11-5-6-13(17)14(18)7-11)16(23)15(19-2)12-8-20-21(3)10-12/h5-8,10,15,19H,4,9H2,1-3H3. The van der Waals surface area contributed by atoms with E-state index < -0.39 is 6.04 Å². The molecular weight excluding hydrogens is 335 g/mol. The molecule has 1 unspecified atom stereocenters. The molecule has 0 bridgehead atoms. The molecule has 0 saturated heterocycles. The molecule has 0 aliphatic rings. The van der Waals surface area contributed by atoms with Crippen LogP contribution in [0.1, 0.15) is 24.1 Å². The molecule has 2 aromatic rings. The first kappa shape index (κ1) is 17.8. The van der Waals surface area contributed by atoms with Crippen molar-refractivity contribution in [2.24, 2.45) is 7.05 Å². The van der Waals surface area contributed by atoms with E-state index >= 15 is 0 Å². The fraction of sp³-hybridized carbons (Fsp3) is 0.375. The van der Waals surface area contributed by atoms with E-state index in [1.807, 2.05) is 26.2 Å². The lowest BCUT2D eigenvalue weighted by molar-refractivity contribution is -0.133. The van der Waals surface area contributed by atoms with Crippen molar-refractivity contribution in [2.45, 2.75) is 19.5 Å². The summed E-state index contributed by atoms with van der Waals surface area (Å²) in [5.41, 5.74) is 1.78. The Bertz CT molecular complexity index is 686. The molecule has 1 amide bonds. The quantitative estimate of drug-likeness (QED) is 0.867. The second kappa shape index (κ2) is 7.81. The maximum absolute atomic E-state index is 12.8. The number of aryl methyl sites for hydroxylation is 1. The summed E-state index contributed by atoms with van der Waals surface area (Å²) in [6.07, 6.45) is 3.54. The van der Waals surface area contributed by atoms with Crippen LogP contribution in [-0.2, 0) is 18.4 Å². The Balaban J connectivity index is 2.18. The number of benzene rings is 1. The zero-order valence-corrected chi connectivity index (χ0v) is 14.9. The predicted octanol–water partition coefficient (Wildman–Crippen LogP) is 3.04. The van der Waals surface area contributed by atoms with Gasteiger partial charge in [0.1, 0.15) is 6.04 Å². The maximum Gasteiger partial charge on any atom is 0.244 e. The number of hydrogen-bond acceptors (Lipinski definition) is 3. The average Bonchev–Trinajstić information content (AvgIpc) is 2.95. The molecule has 0 spiro atoms. The van der Waals surface area contributed by atoms with Crippen LogP contribution in [0.15, 0.2) is 30.6 Å². The van der Waals surface area contributed by atoms with E-state index in [0.717, 1.165) is 11.1 Å². The Morgan fingerprint density at radius 3 is 2.65 bits per heavy atom. The first-order valence-electron chi connectivity index (χ1n) is 7.34. The molecule has 5 nitrogen and oxygen atoms in total. The van der Waals surface area contributed by atoms with Gasteiger partial charge in [0.2, 0.25) is 5.91 Å². The Kier molecular flexibility index (Phi) is 6.04. The number of likely N-dealkylation sites (N-methyl/N-ethyl adjacent to an activating group) is 2. The molecule has 0 aliphatic carbocycles. The number of rotatable bonds is 6. The number of hydrogen-bond donors (Lipinski definition) is 1. The number of carbonyl (C=O) groups excluding carboxylic acids is 1. The number of nitrogens with one attached hydrogen (secondary N) is 1. The van der Waals surface area contributed by atoms with E-state index in [2.05, 4.69) is 10.4 Å². The van der Waals surface area contributed by atoms with Gasteiger partial charge < -0.3 is 10.2 Å². The third kappa shape index (κ3) is 4.25. The minimum absolute atomic E-state index is 0.00549. The van der Waals surface area contributed by atoms with Crippen LogP contribution in [0.25, 0.3) is 0 Å². The van der Waals surface area contributed by atoms with Crippen LogP contribution < -0.4 is 5.32 Å². The van der Waals surface area contributed by atoms with Gasteiger partial charge >= 0.3 is 0 Å². The van der Waals surface area contributed by atoms with Crippen LogP contribution in [0.5, 0.6) is 0 Å². The van der Waals surface area contributed by atoms with E-state index in [-0.39, 0.29) is 5.91 Å². The van der Waals surface area contributed by atoms with Crippen LogP contribution in [0.2, 0.25) is 10.0 Å². The first-order valence-corrected chi connectivity index (χ1v) is 8.10. The molecule has 1 aromatic heterocycles.